The van der Waals surface area contributed by atoms with Crippen LogP contribution < -0.4 is 9.47 Å². The molecule has 0 saturated heterocycles. The van der Waals surface area contributed by atoms with Gasteiger partial charge >= 0.3 is 0 Å². The molecule has 0 amide bonds. The molecule has 0 saturated carbocycles. The molecule has 5 nitrogen and oxygen atoms in total. The number of hydrazone groups is 1. The van der Waals surface area contributed by atoms with Crippen molar-refractivity contribution in [1.82, 2.24) is 5.01 Å². The molecule has 3 aromatic rings. The third-order valence-electron chi connectivity index (χ3n) is 5.45. The van der Waals surface area contributed by atoms with Gasteiger partial charge < -0.3 is 14.6 Å². The van der Waals surface area contributed by atoms with Crippen LogP contribution in [0, 0.1) is 0 Å². The van der Waals surface area contributed by atoms with E-state index in [1.54, 1.807) is 0 Å². The van der Waals surface area contributed by atoms with Gasteiger partial charge in [0.15, 0.2) is 0 Å². The predicted molar refractivity (Wildman–Crippen MR) is 124 cm³/mol. The molecule has 0 radical (unpaired) electrons. The quantitative estimate of drug-likeness (QED) is 0.488. The van der Waals surface area contributed by atoms with Gasteiger partial charge in [-0.15, -0.1) is 0 Å². The van der Waals surface area contributed by atoms with E-state index in [4.69, 9.17) is 31.3 Å². The number of hydrogen-bond donors (Lipinski definition) is 1. The summed E-state index contributed by atoms with van der Waals surface area (Å²) in [6.07, 6.45) is 0.429. The molecule has 0 bridgehead atoms. The third kappa shape index (κ3) is 4.03. The van der Waals surface area contributed by atoms with E-state index in [-0.39, 0.29) is 25.5 Å². The molecule has 3 aromatic carbocycles. The highest BCUT2D eigenvalue weighted by molar-refractivity contribution is 9.10. The van der Waals surface area contributed by atoms with Gasteiger partial charge in [-0.2, -0.15) is 5.10 Å². The fourth-order valence-electron chi connectivity index (χ4n) is 3.99. The summed E-state index contributed by atoms with van der Waals surface area (Å²) in [5, 5.41) is 16.7. The highest BCUT2D eigenvalue weighted by Gasteiger charge is 2.41. The van der Waals surface area contributed by atoms with Crippen LogP contribution in [-0.2, 0) is 0 Å². The van der Waals surface area contributed by atoms with E-state index in [2.05, 4.69) is 22.0 Å². The molecular weight excluding hydrogens is 480 g/mol. The maximum atomic E-state index is 8.96. The van der Waals surface area contributed by atoms with Crippen LogP contribution in [0.3, 0.4) is 0 Å². The van der Waals surface area contributed by atoms with Crippen LogP contribution in [0.1, 0.15) is 35.4 Å². The van der Waals surface area contributed by atoms with E-state index < -0.39 is 0 Å². The van der Waals surface area contributed by atoms with E-state index >= 15 is 0 Å². The van der Waals surface area contributed by atoms with Gasteiger partial charge in [-0.3, -0.25) is 0 Å². The Kier molecular flexibility index (Phi) is 5.61. The molecule has 2 unspecified atom stereocenters. The maximum Gasteiger partial charge on any atom is 0.213 e. The molecule has 31 heavy (non-hydrogen) atoms. The van der Waals surface area contributed by atoms with Crippen molar-refractivity contribution in [3.63, 3.8) is 0 Å². The first kappa shape index (κ1) is 20.4. The van der Waals surface area contributed by atoms with Crippen molar-refractivity contribution in [3.05, 3.63) is 92.9 Å². The standard InChI is InChI=1S/C24H20BrClN2O3/c25-17-5-10-23-20(13-17)22-14-21(15-1-6-18(26)7-2-15)27-28(22)24(31-23)16-3-8-19(9-4-16)30-12-11-29/h1-10,13,22,24,29H,11-12,14H2. The van der Waals surface area contributed by atoms with Gasteiger partial charge in [-0.05, 0) is 60.2 Å². The molecule has 0 aromatic heterocycles. The van der Waals surface area contributed by atoms with Crippen LogP contribution in [0.4, 0.5) is 0 Å². The fraction of sp³-hybridized carbons (Fsp3) is 0.208. The number of hydrogen-bond acceptors (Lipinski definition) is 5. The zero-order valence-corrected chi connectivity index (χ0v) is 18.9. The molecule has 2 heterocycles. The Bertz CT molecular complexity index is 1120. The summed E-state index contributed by atoms with van der Waals surface area (Å²) in [6.45, 7) is 0.252. The van der Waals surface area contributed by atoms with Crippen molar-refractivity contribution in [2.75, 3.05) is 13.2 Å². The fourth-order valence-corrected chi connectivity index (χ4v) is 4.49. The molecule has 2 aliphatic heterocycles. The minimum atomic E-state index is -0.352. The molecule has 1 N–H and O–H groups in total. The van der Waals surface area contributed by atoms with Gasteiger partial charge in [0.25, 0.3) is 0 Å². The third-order valence-corrected chi connectivity index (χ3v) is 6.20. The SMILES string of the molecule is OCCOc1ccc(C2Oc3ccc(Br)cc3C3CC(c4ccc(Cl)cc4)=NN32)cc1. The Labute approximate surface area is 194 Å². The largest absolute Gasteiger partial charge is 0.491 e. The second kappa shape index (κ2) is 8.54. The van der Waals surface area contributed by atoms with Gasteiger partial charge in [0, 0.05) is 27.0 Å². The lowest BCUT2D eigenvalue weighted by Gasteiger charge is -2.38. The molecule has 2 aliphatic rings. The molecule has 158 valence electrons. The summed E-state index contributed by atoms with van der Waals surface area (Å²) < 4.78 is 12.9. The van der Waals surface area contributed by atoms with E-state index in [1.165, 1.54) is 0 Å². The van der Waals surface area contributed by atoms with Crippen molar-refractivity contribution < 1.29 is 14.6 Å². The minimum absolute atomic E-state index is 0.0164. The molecular formula is C24H20BrClN2O3. The van der Waals surface area contributed by atoms with Crippen molar-refractivity contribution in [3.8, 4) is 11.5 Å². The van der Waals surface area contributed by atoms with Crippen LogP contribution >= 0.6 is 27.5 Å². The summed E-state index contributed by atoms with van der Waals surface area (Å²) in [7, 11) is 0. The Morgan fingerprint density at radius 3 is 2.61 bits per heavy atom. The number of ether oxygens (including phenoxy) is 2. The summed E-state index contributed by atoms with van der Waals surface area (Å²) >= 11 is 9.66. The van der Waals surface area contributed by atoms with E-state index in [1.807, 2.05) is 65.7 Å². The minimum Gasteiger partial charge on any atom is -0.491 e. The van der Waals surface area contributed by atoms with E-state index in [9.17, 15) is 0 Å². The smallest absolute Gasteiger partial charge is 0.213 e. The Morgan fingerprint density at radius 1 is 1.10 bits per heavy atom. The summed E-state index contributed by atoms with van der Waals surface area (Å²) in [4.78, 5) is 0. The van der Waals surface area contributed by atoms with Crippen LogP contribution in [0.25, 0.3) is 0 Å². The van der Waals surface area contributed by atoms with Crippen LogP contribution in [0.2, 0.25) is 5.02 Å². The topological polar surface area (TPSA) is 54.3 Å². The summed E-state index contributed by atoms with van der Waals surface area (Å²) in [5.41, 5.74) is 4.16. The number of rotatable bonds is 5. The average Bonchev–Trinajstić information content (AvgIpc) is 3.24. The predicted octanol–water partition coefficient (Wildman–Crippen LogP) is 5.72. The number of nitrogens with zero attached hydrogens (tertiary/aromatic N) is 2. The van der Waals surface area contributed by atoms with Crippen LogP contribution in [0.5, 0.6) is 11.5 Å². The zero-order chi connectivity index (χ0) is 21.4. The van der Waals surface area contributed by atoms with Gasteiger partial charge in [0.05, 0.1) is 18.4 Å². The molecule has 0 fully saturated rings. The number of halogens is 2. The number of aliphatic hydroxyl groups excluding tert-OH is 1. The zero-order valence-electron chi connectivity index (χ0n) is 16.5. The van der Waals surface area contributed by atoms with Crippen molar-refractivity contribution in [2.24, 2.45) is 5.10 Å². The van der Waals surface area contributed by atoms with E-state index in [0.717, 1.165) is 39.0 Å². The first-order chi connectivity index (χ1) is 15.1. The summed E-state index contributed by atoms with van der Waals surface area (Å²) in [6, 6.07) is 21.7. The number of fused-ring (bicyclic) bond motifs is 3. The molecule has 0 spiro atoms. The van der Waals surface area contributed by atoms with Crippen molar-refractivity contribution in [1.29, 1.82) is 0 Å². The monoisotopic (exact) mass is 498 g/mol. The molecule has 5 rings (SSSR count). The molecule has 0 aliphatic carbocycles. The van der Waals surface area contributed by atoms with Gasteiger partial charge in [-0.1, -0.05) is 39.7 Å². The van der Waals surface area contributed by atoms with Gasteiger partial charge in [-0.25, -0.2) is 5.01 Å². The number of aliphatic hydroxyl groups is 1. The lowest BCUT2D eigenvalue weighted by Crippen LogP contribution is -2.33. The number of benzene rings is 3. The van der Waals surface area contributed by atoms with Gasteiger partial charge in [0.2, 0.25) is 6.23 Å². The van der Waals surface area contributed by atoms with E-state index in [0.29, 0.717) is 10.8 Å². The maximum absolute atomic E-state index is 8.96. The molecule has 7 heteroatoms. The Hall–Kier alpha value is -2.54. The normalized spacial score (nSPS) is 19.3. The van der Waals surface area contributed by atoms with Crippen molar-refractivity contribution in [2.45, 2.75) is 18.7 Å². The lowest BCUT2D eigenvalue weighted by molar-refractivity contribution is -0.0191. The first-order valence-corrected chi connectivity index (χ1v) is 11.2. The lowest BCUT2D eigenvalue weighted by atomic mass is 9.96. The molecule has 2 atom stereocenters. The highest BCUT2D eigenvalue weighted by atomic mass is 79.9. The van der Waals surface area contributed by atoms with Crippen LogP contribution in [0.15, 0.2) is 76.3 Å². The van der Waals surface area contributed by atoms with Crippen LogP contribution in [-0.4, -0.2) is 29.0 Å². The Morgan fingerprint density at radius 2 is 1.87 bits per heavy atom. The van der Waals surface area contributed by atoms with Gasteiger partial charge in [0.1, 0.15) is 18.1 Å². The first-order valence-electron chi connectivity index (χ1n) is 10.0. The second-order valence-electron chi connectivity index (χ2n) is 7.45. The average molecular weight is 500 g/mol. The second-order valence-corrected chi connectivity index (χ2v) is 8.80. The Balaban J connectivity index is 1.52. The summed E-state index contributed by atoms with van der Waals surface area (Å²) in [5.74, 6) is 1.57. The van der Waals surface area contributed by atoms with Crippen molar-refractivity contribution >= 4 is 33.2 Å². The highest BCUT2D eigenvalue weighted by Crippen LogP contribution is 2.48.